The molecule has 0 aliphatic heterocycles. The number of carbonyl (C=O) groups excluding carboxylic acids is 1. The molecule has 0 aliphatic carbocycles. The fourth-order valence-electron chi connectivity index (χ4n) is 3.20. The second-order valence-corrected chi connectivity index (χ2v) is 6.88. The molecule has 4 aromatic rings. The van der Waals surface area contributed by atoms with E-state index in [9.17, 15) is 20.0 Å². The summed E-state index contributed by atoms with van der Waals surface area (Å²) in [4.78, 5) is 27.1. The van der Waals surface area contributed by atoms with Crippen LogP contribution in [-0.2, 0) is 0 Å². The average molecular weight is 426 g/mol. The fraction of sp³-hybridized carbons (Fsp3) is 0. The number of carbonyl (C=O) groups is 1. The molecule has 8 heteroatoms. The second-order valence-electron chi connectivity index (χ2n) is 6.88. The van der Waals surface area contributed by atoms with Crippen LogP contribution < -0.4 is 10.6 Å². The van der Waals surface area contributed by atoms with Crippen LogP contribution in [0.2, 0.25) is 0 Å². The van der Waals surface area contributed by atoms with E-state index >= 15 is 0 Å². The van der Waals surface area contributed by atoms with Crippen LogP contribution in [0.3, 0.4) is 0 Å². The molecule has 0 spiro atoms. The third kappa shape index (κ3) is 4.54. The van der Waals surface area contributed by atoms with Crippen LogP contribution in [-0.4, -0.2) is 22.3 Å². The van der Waals surface area contributed by atoms with Crippen LogP contribution in [0, 0.1) is 10.1 Å². The Morgan fingerprint density at radius 1 is 0.906 bits per heavy atom. The van der Waals surface area contributed by atoms with Gasteiger partial charge < -0.3 is 15.7 Å². The van der Waals surface area contributed by atoms with Crippen molar-refractivity contribution in [3.05, 3.63) is 101 Å². The normalized spacial score (nSPS) is 10.9. The number of anilines is 2. The Labute approximate surface area is 183 Å². The molecule has 158 valence electrons. The van der Waals surface area contributed by atoms with Gasteiger partial charge in [0.1, 0.15) is 5.75 Å². The molecule has 4 aromatic carbocycles. The zero-order chi connectivity index (χ0) is 22.5. The number of urea groups is 1. The number of para-hydroxylation sites is 2. The Bertz CT molecular complexity index is 1330. The van der Waals surface area contributed by atoms with E-state index in [1.54, 1.807) is 36.5 Å². The van der Waals surface area contributed by atoms with E-state index in [0.717, 1.165) is 10.8 Å². The number of aliphatic imine (C=N–C) groups is 1. The lowest BCUT2D eigenvalue weighted by Gasteiger charge is -2.10. The molecule has 4 rings (SSSR count). The number of benzene rings is 4. The minimum absolute atomic E-state index is 0.0627. The molecule has 0 bridgehead atoms. The van der Waals surface area contributed by atoms with E-state index in [-0.39, 0.29) is 11.4 Å². The van der Waals surface area contributed by atoms with Gasteiger partial charge in [-0.15, -0.1) is 0 Å². The Kier molecular flexibility index (Phi) is 5.76. The van der Waals surface area contributed by atoms with E-state index < -0.39 is 11.0 Å². The predicted molar refractivity (Wildman–Crippen MR) is 125 cm³/mol. The highest BCUT2D eigenvalue weighted by Crippen LogP contribution is 2.28. The number of aromatic hydroxyl groups is 1. The number of phenols is 1. The summed E-state index contributed by atoms with van der Waals surface area (Å²) in [6.45, 7) is 0. The van der Waals surface area contributed by atoms with E-state index in [2.05, 4.69) is 15.6 Å². The highest BCUT2D eigenvalue weighted by Gasteiger charge is 2.09. The molecule has 0 saturated heterocycles. The van der Waals surface area contributed by atoms with Crippen molar-refractivity contribution in [3.63, 3.8) is 0 Å². The van der Waals surface area contributed by atoms with Gasteiger partial charge in [0.05, 0.1) is 16.3 Å². The van der Waals surface area contributed by atoms with Crippen molar-refractivity contribution in [3.8, 4) is 5.75 Å². The maximum Gasteiger partial charge on any atom is 0.323 e. The predicted octanol–water partition coefficient (Wildman–Crippen LogP) is 5.85. The van der Waals surface area contributed by atoms with Crippen molar-refractivity contribution in [2.45, 2.75) is 0 Å². The number of fused-ring (bicyclic) bond motifs is 1. The van der Waals surface area contributed by atoms with E-state index in [1.807, 2.05) is 30.3 Å². The van der Waals surface area contributed by atoms with Gasteiger partial charge in [0.15, 0.2) is 0 Å². The molecule has 8 nitrogen and oxygen atoms in total. The molecular formula is C24H18N4O4. The van der Waals surface area contributed by atoms with E-state index in [0.29, 0.717) is 22.6 Å². The first-order chi connectivity index (χ1) is 15.5. The van der Waals surface area contributed by atoms with Crippen LogP contribution in [0.4, 0.5) is 27.5 Å². The van der Waals surface area contributed by atoms with Gasteiger partial charge in [-0.1, -0.05) is 42.5 Å². The summed E-state index contributed by atoms with van der Waals surface area (Å²) < 4.78 is 0. The zero-order valence-corrected chi connectivity index (χ0v) is 16.7. The van der Waals surface area contributed by atoms with Gasteiger partial charge in [0, 0.05) is 29.6 Å². The van der Waals surface area contributed by atoms with Crippen molar-refractivity contribution < 1.29 is 14.8 Å². The second kappa shape index (κ2) is 8.97. The number of nitrogens with zero attached hydrogens (tertiary/aromatic N) is 2. The first kappa shape index (κ1) is 20.5. The van der Waals surface area contributed by atoms with Gasteiger partial charge in [-0.05, 0) is 41.1 Å². The number of nitrogens with one attached hydrogen (secondary N) is 2. The van der Waals surface area contributed by atoms with Crippen molar-refractivity contribution in [2.24, 2.45) is 4.99 Å². The number of amides is 2. The van der Waals surface area contributed by atoms with Crippen molar-refractivity contribution >= 4 is 45.8 Å². The lowest BCUT2D eigenvalue weighted by molar-refractivity contribution is -0.384. The molecule has 0 radical (unpaired) electrons. The van der Waals surface area contributed by atoms with Crippen LogP contribution in [0.1, 0.15) is 5.56 Å². The summed E-state index contributed by atoms with van der Waals surface area (Å²) in [5, 5.41) is 28.2. The number of hydrogen-bond acceptors (Lipinski definition) is 5. The quantitative estimate of drug-likeness (QED) is 0.211. The molecule has 32 heavy (non-hydrogen) atoms. The Morgan fingerprint density at radius 2 is 1.62 bits per heavy atom. The van der Waals surface area contributed by atoms with Crippen LogP contribution in [0.25, 0.3) is 10.8 Å². The number of nitro groups is 1. The third-order valence-electron chi connectivity index (χ3n) is 4.77. The molecule has 0 saturated carbocycles. The van der Waals surface area contributed by atoms with Gasteiger partial charge in [-0.2, -0.15) is 0 Å². The van der Waals surface area contributed by atoms with Crippen molar-refractivity contribution in [2.75, 3.05) is 10.6 Å². The maximum absolute atomic E-state index is 12.4. The number of rotatable bonds is 5. The van der Waals surface area contributed by atoms with Crippen molar-refractivity contribution in [1.29, 1.82) is 0 Å². The fourth-order valence-corrected chi connectivity index (χ4v) is 3.20. The molecule has 2 amide bonds. The van der Waals surface area contributed by atoms with Gasteiger partial charge in [0.25, 0.3) is 5.69 Å². The average Bonchev–Trinajstić information content (AvgIpc) is 2.79. The standard InChI is InChI=1S/C24H18N4O4/c29-23-14-9-16-5-1-2-6-19(16)20(23)15-25-21-7-3-4-8-22(21)27-24(30)26-17-10-12-18(13-11-17)28(31)32/h1-15,29H,(H2,26,27,30). The summed E-state index contributed by atoms with van der Waals surface area (Å²) >= 11 is 0. The number of phenolic OH excluding ortho intramolecular Hbond substituents is 1. The third-order valence-corrected chi connectivity index (χ3v) is 4.77. The van der Waals surface area contributed by atoms with Crippen LogP contribution in [0.15, 0.2) is 89.9 Å². The SMILES string of the molecule is O=C(Nc1ccc([N+](=O)[O-])cc1)Nc1ccccc1N=Cc1c(O)ccc2ccccc12. The largest absolute Gasteiger partial charge is 0.507 e. The first-order valence-electron chi connectivity index (χ1n) is 9.67. The monoisotopic (exact) mass is 426 g/mol. The molecule has 0 unspecified atom stereocenters. The summed E-state index contributed by atoms with van der Waals surface area (Å²) in [6.07, 6.45) is 1.56. The zero-order valence-electron chi connectivity index (χ0n) is 16.7. The van der Waals surface area contributed by atoms with Gasteiger partial charge in [0.2, 0.25) is 0 Å². The summed E-state index contributed by atoms with van der Waals surface area (Å²) in [6, 6.07) is 23.1. The van der Waals surface area contributed by atoms with Crippen LogP contribution >= 0.6 is 0 Å². The lowest BCUT2D eigenvalue weighted by atomic mass is 10.0. The molecule has 0 aliphatic rings. The van der Waals surface area contributed by atoms with Crippen LogP contribution in [0.5, 0.6) is 5.75 Å². The molecule has 0 fully saturated rings. The molecule has 3 N–H and O–H groups in total. The number of nitro benzene ring substituents is 1. The van der Waals surface area contributed by atoms with Crippen molar-refractivity contribution in [1.82, 2.24) is 0 Å². The molecule has 0 atom stereocenters. The molecule has 0 aromatic heterocycles. The summed E-state index contributed by atoms with van der Waals surface area (Å²) in [5.74, 6) is 0.105. The topological polar surface area (TPSA) is 117 Å². The Hall–Kier alpha value is -4.72. The Morgan fingerprint density at radius 3 is 2.41 bits per heavy atom. The highest BCUT2D eigenvalue weighted by atomic mass is 16.6. The summed E-state index contributed by atoms with van der Waals surface area (Å²) in [5.41, 5.74) is 1.89. The van der Waals surface area contributed by atoms with Gasteiger partial charge in [-0.3, -0.25) is 15.1 Å². The minimum Gasteiger partial charge on any atom is -0.507 e. The number of non-ortho nitro benzene ring substituents is 1. The number of hydrogen-bond donors (Lipinski definition) is 3. The molecule has 0 heterocycles. The minimum atomic E-state index is -0.519. The Balaban J connectivity index is 1.54. The first-order valence-corrected chi connectivity index (χ1v) is 9.67. The summed E-state index contributed by atoms with van der Waals surface area (Å²) in [7, 11) is 0. The van der Waals surface area contributed by atoms with E-state index in [1.165, 1.54) is 24.3 Å². The maximum atomic E-state index is 12.4. The highest BCUT2D eigenvalue weighted by molar-refractivity contribution is 6.05. The van der Waals surface area contributed by atoms with E-state index in [4.69, 9.17) is 0 Å². The lowest BCUT2D eigenvalue weighted by Crippen LogP contribution is -2.19. The molecular weight excluding hydrogens is 408 g/mol. The smallest absolute Gasteiger partial charge is 0.323 e. The van der Waals surface area contributed by atoms with Gasteiger partial charge >= 0.3 is 6.03 Å². The van der Waals surface area contributed by atoms with Gasteiger partial charge in [-0.25, -0.2) is 4.79 Å².